The first-order valence-electron chi connectivity index (χ1n) is 9.17. The summed E-state index contributed by atoms with van der Waals surface area (Å²) >= 11 is 0. The molecule has 5 heteroatoms. The van der Waals surface area contributed by atoms with Gasteiger partial charge in [0.1, 0.15) is 11.0 Å². The molecular weight excluding hydrogens is 384 g/mol. The van der Waals surface area contributed by atoms with Gasteiger partial charge in [0.25, 0.3) is 0 Å². The van der Waals surface area contributed by atoms with Crippen LogP contribution in [-0.2, 0) is 10.1 Å². The zero-order valence-electron chi connectivity index (χ0n) is 15.7. The lowest BCUT2D eigenvalue weighted by Gasteiger charge is -2.18. The fourth-order valence-electron chi connectivity index (χ4n) is 2.70. The molecule has 2 unspecified atom stereocenters. The van der Waals surface area contributed by atoms with E-state index in [2.05, 4.69) is 0 Å². The van der Waals surface area contributed by atoms with Crippen LogP contribution in [0, 0.1) is 0 Å². The van der Waals surface area contributed by atoms with Crippen molar-refractivity contribution in [1.29, 1.82) is 0 Å². The first-order chi connectivity index (χ1) is 14.0. The van der Waals surface area contributed by atoms with E-state index in [1.54, 1.807) is 42.5 Å². The van der Waals surface area contributed by atoms with Crippen LogP contribution in [0.2, 0.25) is 0 Å². The molecule has 2 atom stereocenters. The molecule has 0 fully saturated rings. The van der Waals surface area contributed by atoms with Crippen molar-refractivity contribution in [2.45, 2.75) is 11.4 Å². The van der Waals surface area contributed by atoms with Gasteiger partial charge in [0.05, 0.1) is 6.10 Å². The zero-order chi connectivity index (χ0) is 20.5. The third-order valence-electron chi connectivity index (χ3n) is 4.19. The van der Waals surface area contributed by atoms with Crippen molar-refractivity contribution in [3.63, 3.8) is 0 Å². The molecule has 0 bridgehead atoms. The summed E-state index contributed by atoms with van der Waals surface area (Å²) in [6.07, 6.45) is 4.97. The molecule has 0 radical (unpaired) electrons. The Morgan fingerprint density at radius 2 is 1.14 bits per heavy atom. The second-order valence-electron chi connectivity index (χ2n) is 6.38. The van der Waals surface area contributed by atoms with Crippen LogP contribution in [0.4, 0.5) is 0 Å². The average Bonchev–Trinajstić information content (AvgIpc) is 2.74. The quantitative estimate of drug-likeness (QED) is 0.558. The van der Waals surface area contributed by atoms with Crippen molar-refractivity contribution < 1.29 is 17.7 Å². The van der Waals surface area contributed by atoms with Gasteiger partial charge in [-0.3, -0.25) is 0 Å². The molecule has 0 saturated heterocycles. The van der Waals surface area contributed by atoms with E-state index in [1.165, 1.54) is 12.2 Å². The molecule has 0 aromatic heterocycles. The van der Waals surface area contributed by atoms with Crippen LogP contribution in [0.1, 0.15) is 11.1 Å². The highest BCUT2D eigenvalue weighted by molar-refractivity contribution is 7.88. The number of benzene rings is 3. The largest absolute Gasteiger partial charge is 0.387 e. The minimum Gasteiger partial charge on any atom is -0.387 e. The number of aliphatic hydroxyl groups excluding tert-OH is 1. The highest BCUT2D eigenvalue weighted by Gasteiger charge is 2.31. The molecule has 0 aliphatic carbocycles. The highest BCUT2D eigenvalue weighted by Crippen LogP contribution is 2.20. The molecule has 0 amide bonds. The van der Waals surface area contributed by atoms with Crippen LogP contribution in [-0.4, -0.2) is 24.9 Å². The van der Waals surface area contributed by atoms with Crippen LogP contribution < -0.4 is 4.18 Å². The Bertz CT molecular complexity index is 1040. The van der Waals surface area contributed by atoms with E-state index >= 15 is 0 Å². The molecule has 29 heavy (non-hydrogen) atoms. The molecule has 0 saturated carbocycles. The summed E-state index contributed by atoms with van der Waals surface area (Å²) in [7, 11) is -4.14. The fourth-order valence-corrected chi connectivity index (χ4v) is 3.89. The van der Waals surface area contributed by atoms with Gasteiger partial charge >= 0.3 is 10.1 Å². The van der Waals surface area contributed by atoms with E-state index in [0.717, 1.165) is 11.1 Å². The molecule has 148 valence electrons. The van der Waals surface area contributed by atoms with Crippen molar-refractivity contribution in [3.8, 4) is 5.75 Å². The predicted octanol–water partition coefficient (Wildman–Crippen LogP) is 4.55. The maximum Gasteiger partial charge on any atom is 0.318 e. The first kappa shape index (κ1) is 20.6. The van der Waals surface area contributed by atoms with Gasteiger partial charge in [-0.15, -0.1) is 0 Å². The van der Waals surface area contributed by atoms with Gasteiger partial charge in [-0.2, -0.15) is 8.42 Å². The molecule has 1 N–H and O–H groups in total. The van der Waals surface area contributed by atoms with Gasteiger partial charge in [0.2, 0.25) is 0 Å². The second kappa shape index (κ2) is 9.87. The van der Waals surface area contributed by atoms with Gasteiger partial charge in [-0.05, 0) is 23.3 Å². The lowest BCUT2D eigenvalue weighted by Crippen LogP contribution is -2.34. The summed E-state index contributed by atoms with van der Waals surface area (Å²) in [6.45, 7) is 0. The van der Waals surface area contributed by atoms with E-state index in [-0.39, 0.29) is 5.75 Å². The van der Waals surface area contributed by atoms with Gasteiger partial charge in [0.15, 0.2) is 0 Å². The normalized spacial score (nSPS) is 14.1. The molecule has 3 aromatic carbocycles. The lowest BCUT2D eigenvalue weighted by molar-refractivity contribution is 0.226. The first-order valence-corrected chi connectivity index (χ1v) is 10.6. The molecule has 0 aliphatic heterocycles. The number of aliphatic hydroxyl groups is 1. The third kappa shape index (κ3) is 6.17. The Kier molecular flexibility index (Phi) is 7.00. The molecule has 3 rings (SSSR count). The lowest BCUT2D eigenvalue weighted by atomic mass is 10.1. The Morgan fingerprint density at radius 1 is 0.690 bits per heavy atom. The zero-order valence-corrected chi connectivity index (χ0v) is 16.5. The van der Waals surface area contributed by atoms with Gasteiger partial charge < -0.3 is 9.29 Å². The summed E-state index contributed by atoms with van der Waals surface area (Å²) in [4.78, 5) is 0. The Morgan fingerprint density at radius 3 is 1.66 bits per heavy atom. The molecule has 0 heterocycles. The number of hydrogen-bond acceptors (Lipinski definition) is 4. The number of hydrogen-bond donors (Lipinski definition) is 1. The average molecular weight is 407 g/mol. The van der Waals surface area contributed by atoms with Gasteiger partial charge in [0, 0.05) is 0 Å². The Hall–Kier alpha value is -3.15. The smallest absolute Gasteiger partial charge is 0.318 e. The Balaban J connectivity index is 1.88. The van der Waals surface area contributed by atoms with Crippen LogP contribution >= 0.6 is 0 Å². The van der Waals surface area contributed by atoms with Crippen molar-refractivity contribution >= 4 is 22.3 Å². The van der Waals surface area contributed by atoms with Crippen LogP contribution in [0.5, 0.6) is 5.75 Å². The monoisotopic (exact) mass is 406 g/mol. The topological polar surface area (TPSA) is 63.6 Å². The van der Waals surface area contributed by atoms with Gasteiger partial charge in [-0.25, -0.2) is 0 Å². The van der Waals surface area contributed by atoms with E-state index in [1.807, 2.05) is 60.7 Å². The number of rotatable bonds is 8. The fraction of sp³-hybridized carbons (Fsp3) is 0.0833. The summed E-state index contributed by atoms with van der Waals surface area (Å²) in [5.74, 6) is 0.199. The van der Waals surface area contributed by atoms with E-state index in [9.17, 15) is 13.5 Å². The SMILES string of the molecule is O=S(=O)(Oc1ccccc1)C(C=Cc1ccccc1)C(O)C=Cc1ccccc1. The summed E-state index contributed by atoms with van der Waals surface area (Å²) in [5.41, 5.74) is 1.69. The van der Waals surface area contributed by atoms with Crippen LogP contribution in [0.25, 0.3) is 12.2 Å². The van der Waals surface area contributed by atoms with E-state index < -0.39 is 21.5 Å². The summed E-state index contributed by atoms with van der Waals surface area (Å²) < 4.78 is 31.1. The summed E-state index contributed by atoms with van der Waals surface area (Å²) in [5, 5.41) is 9.39. The second-order valence-corrected chi connectivity index (χ2v) is 8.08. The predicted molar refractivity (Wildman–Crippen MR) is 117 cm³/mol. The van der Waals surface area contributed by atoms with E-state index in [4.69, 9.17) is 4.18 Å². The highest BCUT2D eigenvalue weighted by atomic mass is 32.2. The molecule has 3 aromatic rings. The standard InChI is InChI=1S/C24H22O4S/c25-23(18-16-20-10-4-1-5-11-20)24(19-17-21-12-6-2-7-13-21)29(26,27)28-22-14-8-3-9-15-22/h1-19,23-25H. The minimum absolute atomic E-state index is 0.199. The van der Waals surface area contributed by atoms with Crippen LogP contribution in [0.15, 0.2) is 103 Å². The van der Waals surface area contributed by atoms with Crippen molar-refractivity contribution in [2.75, 3.05) is 0 Å². The molecule has 0 aliphatic rings. The number of para-hydroxylation sites is 1. The Labute approximate surface area is 171 Å². The minimum atomic E-state index is -4.14. The van der Waals surface area contributed by atoms with Gasteiger partial charge in [-0.1, -0.05) is 103 Å². The summed E-state index contributed by atoms with van der Waals surface area (Å²) in [6, 6.07) is 26.9. The molecule has 0 spiro atoms. The third-order valence-corrected chi connectivity index (χ3v) is 5.72. The van der Waals surface area contributed by atoms with Crippen molar-refractivity contribution in [1.82, 2.24) is 0 Å². The molecule has 4 nitrogen and oxygen atoms in total. The van der Waals surface area contributed by atoms with E-state index in [0.29, 0.717) is 0 Å². The van der Waals surface area contributed by atoms with Crippen molar-refractivity contribution in [2.24, 2.45) is 0 Å². The maximum atomic E-state index is 12.9. The van der Waals surface area contributed by atoms with Crippen molar-refractivity contribution in [3.05, 3.63) is 114 Å². The maximum absolute atomic E-state index is 12.9. The van der Waals surface area contributed by atoms with Crippen LogP contribution in [0.3, 0.4) is 0 Å². The molecular formula is C24H22O4S.